The number of hydrogen-bond acceptors (Lipinski definition) is 5. The van der Waals surface area contributed by atoms with Crippen molar-refractivity contribution in [3.05, 3.63) is 65.4 Å². The molecule has 25 heavy (non-hydrogen) atoms. The van der Waals surface area contributed by atoms with Crippen molar-refractivity contribution in [3.8, 4) is 22.4 Å². The number of nitrogens with zero attached hydrogens (tertiary/aromatic N) is 2. The van der Waals surface area contributed by atoms with E-state index in [1.54, 1.807) is 0 Å². The quantitative estimate of drug-likeness (QED) is 0.374. The summed E-state index contributed by atoms with van der Waals surface area (Å²) < 4.78 is 0.311. The zero-order valence-electron chi connectivity index (χ0n) is 13.2. The van der Waals surface area contributed by atoms with Gasteiger partial charge in [-0.25, -0.2) is 4.98 Å². The molecule has 6 heteroatoms. The summed E-state index contributed by atoms with van der Waals surface area (Å²) in [6.07, 6.45) is 0. The van der Waals surface area contributed by atoms with Crippen LogP contribution in [-0.2, 0) is 0 Å². The van der Waals surface area contributed by atoms with Crippen LogP contribution in [0.25, 0.3) is 33.4 Å². The second-order valence-electron chi connectivity index (χ2n) is 5.70. The molecule has 0 amide bonds. The number of anilines is 2. The molecule has 5 nitrogen and oxygen atoms in total. The van der Waals surface area contributed by atoms with Gasteiger partial charge in [0, 0.05) is 11.3 Å². The van der Waals surface area contributed by atoms with Crippen LogP contribution in [0, 0.1) is 4.77 Å². The molecule has 4 rings (SSSR count). The first-order valence-electron chi connectivity index (χ1n) is 7.74. The molecule has 5 N–H and O–H groups in total. The van der Waals surface area contributed by atoms with Gasteiger partial charge in [-0.05, 0) is 41.5 Å². The monoisotopic (exact) mass is 345 g/mol. The Balaban J connectivity index is 2.07. The number of nitrogen functional groups attached to an aromatic ring is 2. The Morgan fingerprint density at radius 1 is 0.840 bits per heavy atom. The summed E-state index contributed by atoms with van der Waals surface area (Å²) in [5, 5.41) is 0.763. The van der Waals surface area contributed by atoms with Crippen LogP contribution in [0.4, 0.5) is 11.5 Å². The van der Waals surface area contributed by atoms with Gasteiger partial charge in [0.1, 0.15) is 5.82 Å². The third kappa shape index (κ3) is 2.83. The van der Waals surface area contributed by atoms with Crippen LogP contribution in [0.1, 0.15) is 0 Å². The van der Waals surface area contributed by atoms with Crippen molar-refractivity contribution in [2.24, 2.45) is 0 Å². The predicted molar refractivity (Wildman–Crippen MR) is 104 cm³/mol. The molecule has 0 saturated heterocycles. The molecular weight excluding hydrogens is 330 g/mol. The van der Waals surface area contributed by atoms with Crippen LogP contribution in [0.2, 0.25) is 0 Å². The molecule has 0 aliphatic heterocycles. The maximum atomic E-state index is 6.19. The average Bonchev–Trinajstić information content (AvgIpc) is 2.62. The highest BCUT2D eigenvalue weighted by molar-refractivity contribution is 7.71. The van der Waals surface area contributed by atoms with E-state index in [-0.39, 0.29) is 0 Å². The molecule has 0 fully saturated rings. The Morgan fingerprint density at radius 2 is 1.56 bits per heavy atom. The molecule has 2 aromatic carbocycles. The van der Waals surface area contributed by atoms with Crippen LogP contribution >= 0.6 is 12.2 Å². The lowest BCUT2D eigenvalue weighted by Gasteiger charge is -2.11. The Labute approximate surface area is 149 Å². The van der Waals surface area contributed by atoms with E-state index >= 15 is 0 Å². The molecule has 0 saturated carbocycles. The normalized spacial score (nSPS) is 10.9. The van der Waals surface area contributed by atoms with Crippen LogP contribution in [0.3, 0.4) is 0 Å². The minimum Gasteiger partial charge on any atom is -0.399 e. The third-order valence-electron chi connectivity index (χ3n) is 4.01. The van der Waals surface area contributed by atoms with E-state index in [0.717, 1.165) is 27.8 Å². The molecular formula is C19H15N5S. The molecule has 0 radical (unpaired) electrons. The van der Waals surface area contributed by atoms with Crippen molar-refractivity contribution in [2.75, 3.05) is 11.5 Å². The first kappa shape index (κ1) is 15.3. The maximum Gasteiger partial charge on any atom is 0.200 e. The lowest BCUT2D eigenvalue weighted by molar-refractivity contribution is 1.16. The van der Waals surface area contributed by atoms with E-state index in [1.165, 1.54) is 0 Å². The van der Waals surface area contributed by atoms with Gasteiger partial charge in [0.25, 0.3) is 0 Å². The number of benzene rings is 2. The predicted octanol–water partition coefficient (Wildman–Crippen LogP) is 4.19. The first-order valence-corrected chi connectivity index (χ1v) is 8.14. The van der Waals surface area contributed by atoms with Crippen molar-refractivity contribution in [1.82, 2.24) is 15.0 Å². The van der Waals surface area contributed by atoms with Gasteiger partial charge in [0.2, 0.25) is 0 Å². The number of hydrogen-bond donors (Lipinski definition) is 3. The summed E-state index contributed by atoms with van der Waals surface area (Å²) >= 11 is 5.16. The molecule has 0 unspecified atom stereocenters. The van der Waals surface area contributed by atoms with Gasteiger partial charge in [-0.3, -0.25) is 0 Å². The lowest BCUT2D eigenvalue weighted by atomic mass is 10.00. The van der Waals surface area contributed by atoms with E-state index < -0.39 is 0 Å². The third-order valence-corrected chi connectivity index (χ3v) is 4.20. The molecule has 0 aliphatic carbocycles. The molecule has 0 bridgehead atoms. The number of pyridine rings is 1. The van der Waals surface area contributed by atoms with E-state index in [4.69, 9.17) is 23.7 Å². The first-order chi connectivity index (χ1) is 12.1. The van der Waals surface area contributed by atoms with Crippen molar-refractivity contribution in [1.29, 1.82) is 0 Å². The summed E-state index contributed by atoms with van der Waals surface area (Å²) in [6, 6.07) is 19.6. The summed E-state index contributed by atoms with van der Waals surface area (Å²) in [4.78, 5) is 11.9. The van der Waals surface area contributed by atoms with Gasteiger partial charge in [-0.1, -0.05) is 42.5 Å². The Morgan fingerprint density at radius 3 is 2.28 bits per heavy atom. The topological polar surface area (TPSA) is 93.6 Å². The fraction of sp³-hybridized carbons (Fsp3) is 0. The number of aromatic amines is 1. The van der Waals surface area contributed by atoms with Gasteiger partial charge in [0.05, 0.1) is 11.1 Å². The molecule has 122 valence electrons. The lowest BCUT2D eigenvalue weighted by Crippen LogP contribution is -2.00. The number of H-pyrrole nitrogens is 1. The van der Waals surface area contributed by atoms with E-state index in [9.17, 15) is 0 Å². The van der Waals surface area contributed by atoms with Crippen molar-refractivity contribution >= 4 is 34.8 Å². The Bertz CT molecular complexity index is 1120. The van der Waals surface area contributed by atoms with Crippen LogP contribution in [0.5, 0.6) is 0 Å². The second-order valence-corrected chi connectivity index (χ2v) is 6.08. The summed E-state index contributed by atoms with van der Waals surface area (Å²) in [5.41, 5.74) is 16.9. The zero-order chi connectivity index (χ0) is 17.4. The number of aromatic nitrogens is 3. The molecule has 4 aromatic rings. The minimum atomic E-state index is 0.311. The minimum absolute atomic E-state index is 0.311. The number of fused-ring (bicyclic) bond motifs is 1. The average molecular weight is 345 g/mol. The number of nitrogens with one attached hydrogen (secondary N) is 1. The largest absolute Gasteiger partial charge is 0.399 e. The SMILES string of the molecule is Nc1ccc(-c2cc(-c3ccccc3)c3c(N)[nH]c(=S)nc3n2)cc1. The summed E-state index contributed by atoms with van der Waals surface area (Å²) in [6.45, 7) is 0. The van der Waals surface area contributed by atoms with Gasteiger partial charge in [0.15, 0.2) is 10.4 Å². The van der Waals surface area contributed by atoms with Gasteiger partial charge in [-0.15, -0.1) is 0 Å². The van der Waals surface area contributed by atoms with E-state index in [1.807, 2.05) is 60.7 Å². The standard InChI is InChI=1S/C19H15N5S/c20-13-8-6-12(7-9-13)15-10-14(11-4-2-1-3-5-11)16-17(21)23-19(25)24-18(16)22-15/h1-10H,20H2,(H3,21,22,23,24,25). The van der Waals surface area contributed by atoms with E-state index in [2.05, 4.69) is 15.0 Å². The van der Waals surface area contributed by atoms with Gasteiger partial charge >= 0.3 is 0 Å². The van der Waals surface area contributed by atoms with Crippen molar-refractivity contribution in [2.45, 2.75) is 0 Å². The fourth-order valence-electron chi connectivity index (χ4n) is 2.83. The molecule has 2 aromatic heterocycles. The summed E-state index contributed by atoms with van der Waals surface area (Å²) in [7, 11) is 0. The van der Waals surface area contributed by atoms with Crippen molar-refractivity contribution < 1.29 is 0 Å². The number of rotatable bonds is 2. The highest BCUT2D eigenvalue weighted by atomic mass is 32.1. The fourth-order valence-corrected chi connectivity index (χ4v) is 3.02. The molecule has 2 heterocycles. The highest BCUT2D eigenvalue weighted by Gasteiger charge is 2.13. The maximum absolute atomic E-state index is 6.19. The molecule has 0 aliphatic rings. The van der Waals surface area contributed by atoms with E-state index in [0.29, 0.717) is 21.9 Å². The Kier molecular flexibility index (Phi) is 3.66. The van der Waals surface area contributed by atoms with Crippen LogP contribution in [-0.4, -0.2) is 15.0 Å². The number of nitrogens with two attached hydrogens (primary N) is 2. The molecule has 0 atom stereocenters. The van der Waals surface area contributed by atoms with Crippen LogP contribution < -0.4 is 11.5 Å². The molecule has 0 spiro atoms. The van der Waals surface area contributed by atoms with Gasteiger partial charge in [-0.2, -0.15) is 4.98 Å². The van der Waals surface area contributed by atoms with Crippen molar-refractivity contribution in [3.63, 3.8) is 0 Å². The highest BCUT2D eigenvalue weighted by Crippen LogP contribution is 2.33. The second kappa shape index (κ2) is 5.99. The zero-order valence-corrected chi connectivity index (χ0v) is 14.0. The van der Waals surface area contributed by atoms with Gasteiger partial charge < -0.3 is 16.5 Å². The summed E-state index contributed by atoms with van der Waals surface area (Å²) in [5.74, 6) is 0.463. The smallest absolute Gasteiger partial charge is 0.200 e. The Hall–Kier alpha value is -3.25. The van der Waals surface area contributed by atoms with Crippen LogP contribution in [0.15, 0.2) is 60.7 Å².